The van der Waals surface area contributed by atoms with Crippen LogP contribution in [0.15, 0.2) is 29.4 Å². The van der Waals surface area contributed by atoms with Crippen LogP contribution < -0.4 is 0 Å². The first-order valence-corrected chi connectivity index (χ1v) is 8.35. The number of nitrogens with zero attached hydrogens (tertiary/aromatic N) is 3. The van der Waals surface area contributed by atoms with Gasteiger partial charge in [0.05, 0.1) is 18.3 Å². The lowest BCUT2D eigenvalue weighted by atomic mass is 10.2. The molecule has 1 aliphatic heterocycles. The van der Waals surface area contributed by atoms with Crippen LogP contribution in [0.1, 0.15) is 6.92 Å². The summed E-state index contributed by atoms with van der Waals surface area (Å²) < 4.78 is 19.2. The first kappa shape index (κ1) is 15.5. The summed E-state index contributed by atoms with van der Waals surface area (Å²) in [6.45, 7) is 5.80. The lowest BCUT2D eigenvalue weighted by molar-refractivity contribution is -0.0158. The quantitative estimate of drug-likeness (QED) is 0.857. The van der Waals surface area contributed by atoms with Gasteiger partial charge in [-0.3, -0.25) is 10.00 Å². The van der Waals surface area contributed by atoms with Crippen molar-refractivity contribution in [3.05, 3.63) is 30.1 Å². The Balaban J connectivity index is 1.53. The third-order valence-corrected chi connectivity index (χ3v) is 4.39. The smallest absolute Gasteiger partial charge is 0.208 e. The van der Waals surface area contributed by atoms with Gasteiger partial charge in [0, 0.05) is 25.4 Å². The molecule has 118 valence electrons. The third-order valence-electron chi connectivity index (χ3n) is 3.56. The van der Waals surface area contributed by atoms with Crippen LogP contribution in [0.4, 0.5) is 4.39 Å². The number of ether oxygens (including phenoxy) is 1. The van der Waals surface area contributed by atoms with Gasteiger partial charge in [-0.05, 0) is 19.1 Å². The van der Waals surface area contributed by atoms with Crippen molar-refractivity contribution >= 4 is 11.8 Å². The number of benzene rings is 1. The molecule has 5 nitrogen and oxygen atoms in total. The van der Waals surface area contributed by atoms with Gasteiger partial charge in [0.15, 0.2) is 5.82 Å². The minimum absolute atomic E-state index is 0.294. The highest BCUT2D eigenvalue weighted by molar-refractivity contribution is 7.99. The van der Waals surface area contributed by atoms with Crippen molar-refractivity contribution in [3.8, 4) is 11.4 Å². The van der Waals surface area contributed by atoms with E-state index in [1.807, 2.05) is 0 Å². The second kappa shape index (κ2) is 7.21. The standard InChI is InChI=1S/C15H19FN4OS/c1-11-10-20(6-8-21-11)7-9-22-15-17-14(18-19-15)12-4-2-3-5-13(12)16/h2-5,11H,6-10H2,1H3,(H,17,18,19). The molecule has 22 heavy (non-hydrogen) atoms. The summed E-state index contributed by atoms with van der Waals surface area (Å²) in [5, 5.41) is 7.60. The van der Waals surface area contributed by atoms with Gasteiger partial charge in [0.1, 0.15) is 5.82 Å². The summed E-state index contributed by atoms with van der Waals surface area (Å²) in [5.74, 6) is 1.08. The molecule has 1 aromatic carbocycles. The molecule has 0 saturated carbocycles. The van der Waals surface area contributed by atoms with Gasteiger partial charge >= 0.3 is 0 Å². The van der Waals surface area contributed by atoms with E-state index < -0.39 is 0 Å². The number of halogens is 1. The van der Waals surface area contributed by atoms with Crippen molar-refractivity contribution in [3.63, 3.8) is 0 Å². The molecule has 1 saturated heterocycles. The number of nitrogens with one attached hydrogen (secondary N) is 1. The summed E-state index contributed by atoms with van der Waals surface area (Å²) in [6.07, 6.45) is 0.301. The maximum Gasteiger partial charge on any atom is 0.208 e. The lowest BCUT2D eigenvalue weighted by Gasteiger charge is -2.30. The van der Waals surface area contributed by atoms with E-state index >= 15 is 0 Å². The lowest BCUT2D eigenvalue weighted by Crippen LogP contribution is -2.42. The van der Waals surface area contributed by atoms with Gasteiger partial charge in [-0.2, -0.15) is 0 Å². The van der Waals surface area contributed by atoms with Crippen LogP contribution in [-0.4, -0.2) is 58.2 Å². The Hall–Kier alpha value is -1.44. The average Bonchev–Trinajstić information content (AvgIpc) is 2.96. The highest BCUT2D eigenvalue weighted by atomic mass is 32.2. The number of hydrogen-bond acceptors (Lipinski definition) is 5. The molecular formula is C15H19FN4OS. The zero-order chi connectivity index (χ0) is 15.4. The fourth-order valence-corrected chi connectivity index (χ4v) is 3.24. The molecule has 0 amide bonds. The van der Waals surface area contributed by atoms with Crippen LogP contribution in [0.3, 0.4) is 0 Å². The SMILES string of the molecule is CC1CN(CCSc2n[nH]c(-c3ccccc3F)n2)CCO1. The molecule has 0 aliphatic carbocycles. The zero-order valence-corrected chi connectivity index (χ0v) is 13.3. The number of H-pyrrole nitrogens is 1. The molecule has 2 heterocycles. The summed E-state index contributed by atoms with van der Waals surface area (Å²) >= 11 is 1.58. The minimum atomic E-state index is -0.294. The molecule has 0 bridgehead atoms. The van der Waals surface area contributed by atoms with E-state index in [-0.39, 0.29) is 5.82 Å². The number of hydrogen-bond donors (Lipinski definition) is 1. The van der Waals surface area contributed by atoms with Crippen LogP contribution in [0, 0.1) is 5.82 Å². The topological polar surface area (TPSA) is 54.0 Å². The van der Waals surface area contributed by atoms with Gasteiger partial charge in [0.25, 0.3) is 0 Å². The van der Waals surface area contributed by atoms with Crippen LogP contribution >= 0.6 is 11.8 Å². The fraction of sp³-hybridized carbons (Fsp3) is 0.467. The van der Waals surface area contributed by atoms with Gasteiger partial charge in [-0.25, -0.2) is 9.37 Å². The fourth-order valence-electron chi connectivity index (χ4n) is 2.44. The third kappa shape index (κ3) is 3.85. The molecule has 1 unspecified atom stereocenters. The molecule has 0 spiro atoms. The molecule has 0 radical (unpaired) electrons. The van der Waals surface area contributed by atoms with Gasteiger partial charge in [0.2, 0.25) is 5.16 Å². The van der Waals surface area contributed by atoms with E-state index in [1.165, 1.54) is 6.07 Å². The highest BCUT2D eigenvalue weighted by Crippen LogP contribution is 2.21. The van der Waals surface area contributed by atoms with Gasteiger partial charge in [-0.15, -0.1) is 5.10 Å². The predicted octanol–water partition coefficient (Wildman–Crippen LogP) is 2.42. The van der Waals surface area contributed by atoms with Crippen molar-refractivity contribution in [1.29, 1.82) is 0 Å². The highest BCUT2D eigenvalue weighted by Gasteiger charge is 2.16. The van der Waals surface area contributed by atoms with Crippen molar-refractivity contribution in [2.24, 2.45) is 0 Å². The Morgan fingerprint density at radius 3 is 3.14 bits per heavy atom. The Morgan fingerprint density at radius 1 is 1.45 bits per heavy atom. The summed E-state index contributed by atoms with van der Waals surface area (Å²) in [6, 6.07) is 6.56. The Bertz CT molecular complexity index is 621. The van der Waals surface area contributed by atoms with Crippen LogP contribution in [0.5, 0.6) is 0 Å². The summed E-state index contributed by atoms with van der Waals surface area (Å²) in [7, 11) is 0. The van der Waals surface area contributed by atoms with Crippen LogP contribution in [0.2, 0.25) is 0 Å². The largest absolute Gasteiger partial charge is 0.376 e. The maximum absolute atomic E-state index is 13.7. The van der Waals surface area contributed by atoms with E-state index in [4.69, 9.17) is 4.74 Å². The number of thioether (sulfide) groups is 1. The van der Waals surface area contributed by atoms with Crippen molar-refractivity contribution < 1.29 is 9.13 Å². The molecule has 7 heteroatoms. The van der Waals surface area contributed by atoms with Crippen LogP contribution in [0.25, 0.3) is 11.4 Å². The monoisotopic (exact) mass is 322 g/mol. The second-order valence-corrected chi connectivity index (χ2v) is 6.34. The second-order valence-electron chi connectivity index (χ2n) is 5.28. The first-order chi connectivity index (χ1) is 10.7. The number of morpholine rings is 1. The average molecular weight is 322 g/mol. The molecule has 1 aromatic heterocycles. The van der Waals surface area contributed by atoms with E-state index in [0.29, 0.717) is 22.6 Å². The minimum Gasteiger partial charge on any atom is -0.376 e. The number of aromatic amines is 1. The normalized spacial score (nSPS) is 19.5. The molecule has 2 aromatic rings. The van der Waals surface area contributed by atoms with E-state index in [1.54, 1.807) is 30.0 Å². The Morgan fingerprint density at radius 2 is 2.32 bits per heavy atom. The van der Waals surface area contributed by atoms with Gasteiger partial charge in [-0.1, -0.05) is 23.9 Å². The number of rotatable bonds is 5. The van der Waals surface area contributed by atoms with Gasteiger partial charge < -0.3 is 4.74 Å². The van der Waals surface area contributed by atoms with Crippen LogP contribution in [-0.2, 0) is 4.74 Å². The number of aromatic nitrogens is 3. The first-order valence-electron chi connectivity index (χ1n) is 7.36. The summed E-state index contributed by atoms with van der Waals surface area (Å²) in [5.41, 5.74) is 0.448. The Labute approximate surface area is 133 Å². The molecule has 1 atom stereocenters. The molecule has 1 fully saturated rings. The molecule has 1 N–H and O–H groups in total. The zero-order valence-electron chi connectivity index (χ0n) is 12.5. The predicted molar refractivity (Wildman–Crippen MR) is 84.4 cm³/mol. The molecular weight excluding hydrogens is 303 g/mol. The van der Waals surface area contributed by atoms with E-state index in [0.717, 1.165) is 32.0 Å². The molecule has 3 rings (SSSR count). The maximum atomic E-state index is 13.7. The summed E-state index contributed by atoms with van der Waals surface area (Å²) in [4.78, 5) is 6.73. The Kier molecular flexibility index (Phi) is 5.07. The van der Waals surface area contributed by atoms with Crippen molar-refractivity contribution in [2.75, 3.05) is 32.0 Å². The van der Waals surface area contributed by atoms with Crippen molar-refractivity contribution in [1.82, 2.24) is 20.1 Å². The van der Waals surface area contributed by atoms with E-state index in [9.17, 15) is 4.39 Å². The van der Waals surface area contributed by atoms with E-state index in [2.05, 4.69) is 27.0 Å². The molecule has 1 aliphatic rings. The van der Waals surface area contributed by atoms with Crippen molar-refractivity contribution in [2.45, 2.75) is 18.2 Å².